The quantitative estimate of drug-likeness (QED) is 0.444. The summed E-state index contributed by atoms with van der Waals surface area (Å²) in [6.07, 6.45) is 2.31. The minimum absolute atomic E-state index is 0.120. The molecule has 0 amide bonds. The Morgan fingerprint density at radius 1 is 1.71 bits per heavy atom. The van der Waals surface area contributed by atoms with Gasteiger partial charge in [0.15, 0.2) is 0 Å². The fourth-order valence-corrected chi connectivity index (χ4v) is 0.458. The van der Waals surface area contributed by atoms with Crippen LogP contribution in [-0.4, -0.2) is 20.0 Å². The van der Waals surface area contributed by atoms with Crippen LogP contribution in [0.15, 0.2) is 0 Å². The van der Waals surface area contributed by atoms with Crippen molar-refractivity contribution >= 4 is 14.4 Å². The Balaban J connectivity index is 2.25. The van der Waals surface area contributed by atoms with Crippen molar-refractivity contribution in [1.82, 2.24) is 0 Å². The molecule has 0 aliphatic heterocycles. The molecule has 0 aromatic rings. The SMILES string of the molecule is [B]=BOC1(C)CC1. The topological polar surface area (TPSA) is 9.23 Å². The molecule has 1 radical (unpaired) electrons. The van der Waals surface area contributed by atoms with Gasteiger partial charge in [-0.3, -0.25) is 0 Å². The standard InChI is InChI=1S/C4H7B2O/c1-4(2-3-4)7-6-5/h2-3H2,1H3. The first-order chi connectivity index (χ1) is 3.27. The summed E-state index contributed by atoms with van der Waals surface area (Å²) in [5, 5.41) is 0. The van der Waals surface area contributed by atoms with Crippen LogP contribution in [0, 0.1) is 0 Å². The van der Waals surface area contributed by atoms with E-state index in [-0.39, 0.29) is 5.60 Å². The van der Waals surface area contributed by atoms with Crippen molar-refractivity contribution < 1.29 is 4.65 Å². The van der Waals surface area contributed by atoms with Gasteiger partial charge in [0.2, 0.25) is 0 Å². The van der Waals surface area contributed by atoms with Gasteiger partial charge in [-0.05, 0) is 0 Å². The van der Waals surface area contributed by atoms with Crippen LogP contribution in [0.2, 0.25) is 0 Å². The van der Waals surface area contributed by atoms with Crippen LogP contribution in [0.1, 0.15) is 19.8 Å². The molecule has 3 heteroatoms. The van der Waals surface area contributed by atoms with Crippen LogP contribution in [0.4, 0.5) is 0 Å². The summed E-state index contributed by atoms with van der Waals surface area (Å²) < 4.78 is 4.99. The van der Waals surface area contributed by atoms with Crippen LogP contribution in [0.3, 0.4) is 0 Å². The zero-order valence-electron chi connectivity index (χ0n) is 4.48. The van der Waals surface area contributed by atoms with Crippen molar-refractivity contribution in [3.8, 4) is 0 Å². The molecule has 0 bridgehead atoms. The van der Waals surface area contributed by atoms with Gasteiger partial charge in [-0.1, -0.05) is 0 Å². The molecular weight excluding hydrogens is 85.7 g/mol. The Bertz CT molecular complexity index is 87.7. The predicted molar refractivity (Wildman–Crippen MR) is 30.2 cm³/mol. The average molecular weight is 92.7 g/mol. The van der Waals surface area contributed by atoms with E-state index in [1.54, 1.807) is 0 Å². The molecule has 7 heavy (non-hydrogen) atoms. The Hall–Kier alpha value is -0.0701. The van der Waals surface area contributed by atoms with Crippen molar-refractivity contribution in [1.29, 1.82) is 0 Å². The minimum atomic E-state index is 0.120. The zero-order chi connectivity index (χ0) is 5.33. The summed E-state index contributed by atoms with van der Waals surface area (Å²) >= 11 is 0. The van der Waals surface area contributed by atoms with Crippen molar-refractivity contribution in [2.24, 2.45) is 0 Å². The van der Waals surface area contributed by atoms with E-state index in [1.807, 2.05) is 0 Å². The molecule has 0 saturated heterocycles. The van der Waals surface area contributed by atoms with Crippen LogP contribution in [0.5, 0.6) is 0 Å². The third-order valence-electron chi connectivity index (χ3n) is 1.31. The number of rotatable bonds is 2. The van der Waals surface area contributed by atoms with Gasteiger partial charge in [-0.15, -0.1) is 0 Å². The van der Waals surface area contributed by atoms with E-state index < -0.39 is 0 Å². The fourth-order valence-electron chi connectivity index (χ4n) is 0.458. The second-order valence-electron chi connectivity index (χ2n) is 2.20. The van der Waals surface area contributed by atoms with Crippen LogP contribution in [0.25, 0.3) is 0 Å². The van der Waals surface area contributed by atoms with Gasteiger partial charge >= 0.3 is 44.4 Å². The molecule has 1 saturated carbocycles. The zero-order valence-corrected chi connectivity index (χ0v) is 4.48. The molecule has 1 fully saturated rings. The van der Waals surface area contributed by atoms with Crippen molar-refractivity contribution in [2.45, 2.75) is 25.4 Å². The molecule has 1 aliphatic carbocycles. The van der Waals surface area contributed by atoms with Crippen molar-refractivity contribution in [2.75, 3.05) is 0 Å². The Morgan fingerprint density at radius 2 is 2.29 bits per heavy atom. The summed E-state index contributed by atoms with van der Waals surface area (Å²) in [6, 6.07) is 0. The van der Waals surface area contributed by atoms with E-state index in [2.05, 4.69) is 6.92 Å². The van der Waals surface area contributed by atoms with Crippen LogP contribution >= 0.6 is 0 Å². The van der Waals surface area contributed by atoms with Gasteiger partial charge in [0.1, 0.15) is 0 Å². The fraction of sp³-hybridized carbons (Fsp3) is 1.00. The molecule has 1 aliphatic rings. The molecular formula is C4H7B2O. The van der Waals surface area contributed by atoms with Gasteiger partial charge in [-0.25, -0.2) is 0 Å². The summed E-state index contributed by atoms with van der Waals surface area (Å²) in [5.74, 6) is 0. The molecule has 0 aromatic carbocycles. The summed E-state index contributed by atoms with van der Waals surface area (Å²) in [4.78, 5) is 0. The third kappa shape index (κ3) is 1.15. The van der Waals surface area contributed by atoms with E-state index in [4.69, 9.17) is 12.0 Å². The molecule has 1 rings (SSSR count). The van der Waals surface area contributed by atoms with Crippen molar-refractivity contribution in [3.63, 3.8) is 0 Å². The Morgan fingerprint density at radius 3 is 2.43 bits per heavy atom. The van der Waals surface area contributed by atoms with Gasteiger partial charge < -0.3 is 0 Å². The molecule has 0 heterocycles. The molecule has 1 nitrogen and oxygen atoms in total. The van der Waals surface area contributed by atoms with E-state index in [1.165, 1.54) is 7.00 Å². The maximum absolute atomic E-state index is 5.01. The Labute approximate surface area is 45.4 Å². The first-order valence-corrected chi connectivity index (χ1v) is 2.48. The maximum atomic E-state index is 5.01. The molecule has 0 spiro atoms. The van der Waals surface area contributed by atoms with Crippen molar-refractivity contribution in [3.05, 3.63) is 0 Å². The summed E-state index contributed by atoms with van der Waals surface area (Å²) in [5.41, 5.74) is 0.120. The predicted octanol–water partition coefficient (Wildman–Crippen LogP) is 0.258. The first-order valence-electron chi connectivity index (χ1n) is 2.48. The second-order valence-corrected chi connectivity index (χ2v) is 2.20. The van der Waals surface area contributed by atoms with E-state index in [0.29, 0.717) is 0 Å². The number of hydrogen-bond acceptors (Lipinski definition) is 1. The van der Waals surface area contributed by atoms with Gasteiger partial charge in [0.05, 0.1) is 0 Å². The first kappa shape index (κ1) is 5.07. The normalized spacial score (nSPS) is 22.9. The third-order valence-corrected chi connectivity index (χ3v) is 1.31. The Kier molecular flexibility index (Phi) is 1.06. The molecule has 35 valence electrons. The molecule has 0 aromatic heterocycles. The molecule has 0 unspecified atom stereocenters. The average Bonchev–Trinajstić information content (AvgIpc) is 2.22. The molecule has 0 atom stereocenters. The number of hydrogen-bond donors (Lipinski definition) is 0. The molecule has 0 N–H and O–H groups in total. The monoisotopic (exact) mass is 93.1 g/mol. The summed E-state index contributed by atoms with van der Waals surface area (Å²) in [6.45, 7) is 2.05. The van der Waals surface area contributed by atoms with E-state index in [9.17, 15) is 0 Å². The van der Waals surface area contributed by atoms with Crippen LogP contribution < -0.4 is 0 Å². The summed E-state index contributed by atoms with van der Waals surface area (Å²) in [7, 11) is 6.28. The van der Waals surface area contributed by atoms with E-state index >= 15 is 0 Å². The van der Waals surface area contributed by atoms with Crippen LogP contribution in [-0.2, 0) is 4.65 Å². The van der Waals surface area contributed by atoms with Gasteiger partial charge in [0.25, 0.3) is 0 Å². The second kappa shape index (κ2) is 1.46. The van der Waals surface area contributed by atoms with Gasteiger partial charge in [-0.2, -0.15) is 0 Å². The van der Waals surface area contributed by atoms with E-state index in [0.717, 1.165) is 12.8 Å². The van der Waals surface area contributed by atoms with Gasteiger partial charge in [0, 0.05) is 0 Å².